The fourth-order valence-corrected chi connectivity index (χ4v) is 3.66. The van der Waals surface area contributed by atoms with Crippen LogP contribution in [0.1, 0.15) is 30.1 Å². The van der Waals surface area contributed by atoms with Gasteiger partial charge >= 0.3 is 0 Å². The fourth-order valence-electron chi connectivity index (χ4n) is 2.80. The molecule has 5 nitrogen and oxygen atoms in total. The first-order valence-corrected chi connectivity index (χ1v) is 8.62. The van der Waals surface area contributed by atoms with Gasteiger partial charge in [0.05, 0.1) is 7.11 Å². The number of thioether (sulfide) groups is 1. The molecule has 1 fully saturated rings. The highest BCUT2D eigenvalue weighted by Gasteiger charge is 2.21. The summed E-state index contributed by atoms with van der Waals surface area (Å²) in [5.41, 5.74) is 1.23. The maximum absolute atomic E-state index is 5.27. The van der Waals surface area contributed by atoms with Crippen LogP contribution in [0.15, 0.2) is 29.4 Å². The number of aromatic nitrogens is 3. The lowest BCUT2D eigenvalue weighted by molar-refractivity contribution is 0.414. The highest BCUT2D eigenvalue weighted by Crippen LogP contribution is 2.28. The van der Waals surface area contributed by atoms with Crippen LogP contribution in [0.3, 0.4) is 0 Å². The second-order valence-electron chi connectivity index (χ2n) is 5.56. The molecule has 1 saturated heterocycles. The van der Waals surface area contributed by atoms with E-state index in [1.54, 1.807) is 18.9 Å². The van der Waals surface area contributed by atoms with Crippen LogP contribution in [-0.4, -0.2) is 35.0 Å². The Bertz CT molecular complexity index is 622. The summed E-state index contributed by atoms with van der Waals surface area (Å²) in [6.45, 7) is 2.15. The van der Waals surface area contributed by atoms with Crippen LogP contribution in [0.2, 0.25) is 0 Å². The number of nitrogens with one attached hydrogen (secondary N) is 1. The molecule has 3 rings (SSSR count). The van der Waals surface area contributed by atoms with E-state index in [0.717, 1.165) is 48.4 Å². The lowest BCUT2D eigenvalue weighted by Crippen LogP contribution is -2.27. The van der Waals surface area contributed by atoms with Crippen molar-refractivity contribution in [2.75, 3.05) is 20.2 Å². The van der Waals surface area contributed by atoms with Crippen molar-refractivity contribution >= 4 is 11.8 Å². The SMILES string of the molecule is COc1cccc(CSc2nnc(C3CCNCC3)n2C)c1. The first-order chi connectivity index (χ1) is 10.8. The molecule has 22 heavy (non-hydrogen) atoms. The third-order valence-electron chi connectivity index (χ3n) is 4.07. The van der Waals surface area contributed by atoms with Crippen molar-refractivity contribution in [3.05, 3.63) is 35.7 Å². The Balaban J connectivity index is 1.66. The van der Waals surface area contributed by atoms with Gasteiger partial charge in [-0.15, -0.1) is 10.2 Å². The molecular formula is C16H22N4OS. The van der Waals surface area contributed by atoms with Gasteiger partial charge in [0.1, 0.15) is 11.6 Å². The van der Waals surface area contributed by atoms with E-state index in [0.29, 0.717) is 5.92 Å². The Morgan fingerprint density at radius 2 is 2.14 bits per heavy atom. The molecule has 0 spiro atoms. The summed E-state index contributed by atoms with van der Waals surface area (Å²) < 4.78 is 7.42. The molecule has 2 heterocycles. The van der Waals surface area contributed by atoms with Crippen LogP contribution in [0.5, 0.6) is 5.75 Å². The van der Waals surface area contributed by atoms with Gasteiger partial charge in [-0.25, -0.2) is 0 Å². The van der Waals surface area contributed by atoms with Crippen LogP contribution in [0.4, 0.5) is 0 Å². The second-order valence-corrected chi connectivity index (χ2v) is 6.51. The molecule has 0 unspecified atom stereocenters. The molecule has 0 amide bonds. The molecule has 1 N–H and O–H groups in total. The number of rotatable bonds is 5. The van der Waals surface area contributed by atoms with Crippen LogP contribution in [0.25, 0.3) is 0 Å². The molecule has 118 valence electrons. The van der Waals surface area contributed by atoms with Gasteiger partial charge in [0.25, 0.3) is 0 Å². The van der Waals surface area contributed by atoms with Crippen LogP contribution >= 0.6 is 11.8 Å². The summed E-state index contributed by atoms with van der Waals surface area (Å²) in [5.74, 6) is 3.42. The molecule has 0 bridgehead atoms. The first-order valence-electron chi connectivity index (χ1n) is 7.63. The molecule has 1 aromatic heterocycles. The van der Waals surface area contributed by atoms with Gasteiger partial charge in [-0.1, -0.05) is 23.9 Å². The molecule has 1 aliphatic heterocycles. The number of hydrogen-bond acceptors (Lipinski definition) is 5. The Hall–Kier alpha value is -1.53. The van der Waals surface area contributed by atoms with E-state index in [4.69, 9.17) is 4.74 Å². The number of ether oxygens (including phenoxy) is 1. The lowest BCUT2D eigenvalue weighted by Gasteiger charge is -2.21. The summed E-state index contributed by atoms with van der Waals surface area (Å²) in [5, 5.41) is 13.2. The minimum absolute atomic E-state index is 0.532. The second kappa shape index (κ2) is 7.15. The predicted octanol–water partition coefficient (Wildman–Crippen LogP) is 2.58. The molecule has 1 aromatic carbocycles. The van der Waals surface area contributed by atoms with Crippen molar-refractivity contribution in [3.8, 4) is 5.75 Å². The van der Waals surface area contributed by atoms with Crippen LogP contribution in [-0.2, 0) is 12.8 Å². The van der Waals surface area contributed by atoms with Crippen molar-refractivity contribution in [2.45, 2.75) is 29.7 Å². The van der Waals surface area contributed by atoms with E-state index in [1.807, 2.05) is 12.1 Å². The summed E-state index contributed by atoms with van der Waals surface area (Å²) in [6, 6.07) is 8.16. The normalized spacial score (nSPS) is 15.9. The molecule has 1 aliphatic rings. The van der Waals surface area contributed by atoms with Gasteiger partial charge < -0.3 is 14.6 Å². The number of hydrogen-bond donors (Lipinski definition) is 1. The Morgan fingerprint density at radius 1 is 1.32 bits per heavy atom. The maximum Gasteiger partial charge on any atom is 0.191 e. The van der Waals surface area contributed by atoms with Gasteiger partial charge in [-0.3, -0.25) is 0 Å². The Kier molecular flexibility index (Phi) is 5.00. The zero-order chi connectivity index (χ0) is 15.4. The van der Waals surface area contributed by atoms with Crippen molar-refractivity contribution in [1.29, 1.82) is 0 Å². The largest absolute Gasteiger partial charge is 0.497 e. The van der Waals surface area contributed by atoms with E-state index in [-0.39, 0.29) is 0 Å². The minimum atomic E-state index is 0.532. The summed E-state index contributed by atoms with van der Waals surface area (Å²) in [4.78, 5) is 0. The van der Waals surface area contributed by atoms with Crippen LogP contribution in [0, 0.1) is 0 Å². The van der Waals surface area contributed by atoms with E-state index in [1.165, 1.54) is 5.56 Å². The molecule has 6 heteroatoms. The standard InChI is InChI=1S/C16H22N4OS/c1-20-15(13-6-8-17-9-7-13)18-19-16(20)22-11-12-4-3-5-14(10-12)21-2/h3-5,10,13,17H,6-9,11H2,1-2H3. The van der Waals surface area contributed by atoms with Gasteiger partial charge in [-0.2, -0.15) is 0 Å². The van der Waals surface area contributed by atoms with E-state index in [9.17, 15) is 0 Å². The third-order valence-corrected chi connectivity index (χ3v) is 5.17. The Labute approximate surface area is 135 Å². The number of nitrogens with zero attached hydrogens (tertiary/aromatic N) is 3. The summed E-state index contributed by atoms with van der Waals surface area (Å²) in [7, 11) is 3.77. The van der Waals surface area contributed by atoms with Gasteiger partial charge in [0, 0.05) is 18.7 Å². The predicted molar refractivity (Wildman–Crippen MR) is 88.4 cm³/mol. The number of benzene rings is 1. The molecule has 2 aromatic rings. The minimum Gasteiger partial charge on any atom is -0.497 e. The average Bonchev–Trinajstić information content (AvgIpc) is 2.95. The number of piperidine rings is 1. The zero-order valence-corrected chi connectivity index (χ0v) is 13.9. The van der Waals surface area contributed by atoms with Crippen molar-refractivity contribution in [3.63, 3.8) is 0 Å². The summed E-state index contributed by atoms with van der Waals surface area (Å²) >= 11 is 1.72. The highest BCUT2D eigenvalue weighted by atomic mass is 32.2. The van der Waals surface area contributed by atoms with Gasteiger partial charge in [-0.05, 0) is 43.6 Å². The van der Waals surface area contributed by atoms with E-state index < -0.39 is 0 Å². The fraction of sp³-hybridized carbons (Fsp3) is 0.500. The van der Waals surface area contributed by atoms with E-state index in [2.05, 4.69) is 39.3 Å². The topological polar surface area (TPSA) is 52.0 Å². The lowest BCUT2D eigenvalue weighted by atomic mass is 9.97. The summed E-state index contributed by atoms with van der Waals surface area (Å²) in [6.07, 6.45) is 2.29. The molecule has 0 saturated carbocycles. The smallest absolute Gasteiger partial charge is 0.191 e. The number of methoxy groups -OCH3 is 1. The van der Waals surface area contributed by atoms with Crippen molar-refractivity contribution < 1.29 is 4.74 Å². The Morgan fingerprint density at radius 3 is 2.91 bits per heavy atom. The molecule has 0 aliphatic carbocycles. The quantitative estimate of drug-likeness (QED) is 0.859. The van der Waals surface area contributed by atoms with E-state index >= 15 is 0 Å². The first kappa shape index (κ1) is 15.4. The van der Waals surface area contributed by atoms with Gasteiger partial charge in [0.15, 0.2) is 5.16 Å². The zero-order valence-electron chi connectivity index (χ0n) is 13.1. The van der Waals surface area contributed by atoms with Crippen molar-refractivity contribution in [1.82, 2.24) is 20.1 Å². The molecular weight excluding hydrogens is 296 g/mol. The molecule has 0 atom stereocenters. The van der Waals surface area contributed by atoms with Crippen molar-refractivity contribution in [2.24, 2.45) is 7.05 Å². The average molecular weight is 318 g/mol. The molecule has 0 radical (unpaired) electrons. The highest BCUT2D eigenvalue weighted by molar-refractivity contribution is 7.98. The third kappa shape index (κ3) is 3.44. The van der Waals surface area contributed by atoms with Gasteiger partial charge in [0.2, 0.25) is 0 Å². The maximum atomic E-state index is 5.27. The monoisotopic (exact) mass is 318 g/mol. The van der Waals surface area contributed by atoms with Crippen LogP contribution < -0.4 is 10.1 Å².